The van der Waals surface area contributed by atoms with Gasteiger partial charge in [0.25, 0.3) is 5.91 Å². The van der Waals surface area contributed by atoms with Crippen molar-refractivity contribution in [1.82, 2.24) is 14.9 Å². The van der Waals surface area contributed by atoms with Crippen LogP contribution in [0.2, 0.25) is 0 Å². The quantitative estimate of drug-likeness (QED) is 0.694. The van der Waals surface area contributed by atoms with Crippen molar-refractivity contribution in [3.63, 3.8) is 0 Å². The molecule has 4 rings (SSSR count). The largest absolute Gasteiger partial charge is 0.352 e. The zero-order valence-electron chi connectivity index (χ0n) is 16.2. The first kappa shape index (κ1) is 18.6. The van der Waals surface area contributed by atoms with Crippen LogP contribution in [-0.4, -0.2) is 47.0 Å². The standard InChI is InChI=1S/C23H21N5O/c1-17-20(9-10-21(26-17)18-6-3-2-4-7-18)23(29)28-14-12-27(13-15-28)22-19(16-24)8-5-11-25-22/h2-11H,12-15H2,1H3. The normalized spacial score (nSPS) is 13.8. The fourth-order valence-electron chi connectivity index (χ4n) is 3.58. The summed E-state index contributed by atoms with van der Waals surface area (Å²) in [5.74, 6) is 0.683. The van der Waals surface area contributed by atoms with Crippen LogP contribution in [0.1, 0.15) is 21.6 Å². The van der Waals surface area contributed by atoms with Crippen molar-refractivity contribution in [1.29, 1.82) is 5.26 Å². The predicted octanol–water partition coefficient (Wildman–Crippen LogP) is 3.29. The third-order valence-corrected chi connectivity index (χ3v) is 5.16. The Hall–Kier alpha value is -3.72. The van der Waals surface area contributed by atoms with E-state index in [1.165, 1.54) is 0 Å². The molecule has 3 heterocycles. The van der Waals surface area contributed by atoms with Gasteiger partial charge in [-0.25, -0.2) is 4.98 Å². The lowest BCUT2D eigenvalue weighted by Crippen LogP contribution is -2.49. The van der Waals surface area contributed by atoms with Crippen molar-refractivity contribution in [2.45, 2.75) is 6.92 Å². The summed E-state index contributed by atoms with van der Waals surface area (Å²) in [6.07, 6.45) is 1.69. The lowest BCUT2D eigenvalue weighted by atomic mass is 10.1. The maximum Gasteiger partial charge on any atom is 0.255 e. The molecule has 0 saturated carbocycles. The molecule has 1 aliphatic rings. The maximum absolute atomic E-state index is 13.0. The number of nitrogens with zero attached hydrogens (tertiary/aromatic N) is 5. The summed E-state index contributed by atoms with van der Waals surface area (Å²) < 4.78 is 0. The zero-order chi connectivity index (χ0) is 20.2. The van der Waals surface area contributed by atoms with Crippen LogP contribution in [0.4, 0.5) is 5.82 Å². The first-order valence-electron chi connectivity index (χ1n) is 9.60. The van der Waals surface area contributed by atoms with Gasteiger partial charge in [-0.2, -0.15) is 5.26 Å². The molecule has 0 unspecified atom stereocenters. The number of pyridine rings is 2. The van der Waals surface area contributed by atoms with Crippen LogP contribution in [0, 0.1) is 18.3 Å². The van der Waals surface area contributed by atoms with Crippen LogP contribution in [0.3, 0.4) is 0 Å². The maximum atomic E-state index is 13.0. The average molecular weight is 383 g/mol. The molecule has 0 radical (unpaired) electrons. The van der Waals surface area contributed by atoms with Crippen molar-refractivity contribution in [3.05, 3.63) is 77.6 Å². The van der Waals surface area contributed by atoms with E-state index in [0.29, 0.717) is 43.1 Å². The minimum atomic E-state index is -0.00390. The molecular weight excluding hydrogens is 362 g/mol. The van der Waals surface area contributed by atoms with E-state index in [0.717, 1.165) is 17.0 Å². The number of carbonyl (C=O) groups is 1. The molecule has 144 valence electrons. The van der Waals surface area contributed by atoms with E-state index >= 15 is 0 Å². The first-order chi connectivity index (χ1) is 14.2. The average Bonchev–Trinajstić information content (AvgIpc) is 2.79. The van der Waals surface area contributed by atoms with Gasteiger partial charge in [0.05, 0.1) is 22.5 Å². The minimum absolute atomic E-state index is 0.00390. The topological polar surface area (TPSA) is 73.1 Å². The van der Waals surface area contributed by atoms with Crippen LogP contribution < -0.4 is 4.90 Å². The lowest BCUT2D eigenvalue weighted by Gasteiger charge is -2.35. The molecule has 0 atom stereocenters. The highest BCUT2D eigenvalue weighted by atomic mass is 16.2. The van der Waals surface area contributed by atoms with Crippen molar-refractivity contribution in [2.24, 2.45) is 0 Å². The van der Waals surface area contributed by atoms with Crippen LogP contribution >= 0.6 is 0 Å². The summed E-state index contributed by atoms with van der Waals surface area (Å²) in [7, 11) is 0. The highest BCUT2D eigenvalue weighted by Gasteiger charge is 2.25. The molecule has 1 saturated heterocycles. The van der Waals surface area contributed by atoms with E-state index in [-0.39, 0.29) is 5.91 Å². The van der Waals surface area contributed by atoms with Gasteiger partial charge in [0, 0.05) is 37.9 Å². The van der Waals surface area contributed by atoms with Gasteiger partial charge in [-0.1, -0.05) is 30.3 Å². The predicted molar refractivity (Wildman–Crippen MR) is 111 cm³/mol. The second kappa shape index (κ2) is 8.11. The fourth-order valence-corrected chi connectivity index (χ4v) is 3.58. The number of anilines is 1. The first-order valence-corrected chi connectivity index (χ1v) is 9.60. The van der Waals surface area contributed by atoms with Gasteiger partial charge in [-0.3, -0.25) is 9.78 Å². The van der Waals surface area contributed by atoms with Gasteiger partial charge in [-0.05, 0) is 31.2 Å². The van der Waals surface area contributed by atoms with Crippen molar-refractivity contribution < 1.29 is 4.79 Å². The number of hydrogen-bond acceptors (Lipinski definition) is 5. The van der Waals surface area contributed by atoms with E-state index in [9.17, 15) is 10.1 Å². The highest BCUT2D eigenvalue weighted by Crippen LogP contribution is 2.22. The number of piperazine rings is 1. The minimum Gasteiger partial charge on any atom is -0.352 e. The second-order valence-corrected chi connectivity index (χ2v) is 6.96. The highest BCUT2D eigenvalue weighted by molar-refractivity contribution is 5.95. The summed E-state index contributed by atoms with van der Waals surface area (Å²) >= 11 is 0. The molecule has 2 aromatic heterocycles. The Morgan fingerprint density at radius 3 is 2.45 bits per heavy atom. The van der Waals surface area contributed by atoms with Crippen LogP contribution in [-0.2, 0) is 0 Å². The van der Waals surface area contributed by atoms with Gasteiger partial charge in [0.2, 0.25) is 0 Å². The molecule has 6 heteroatoms. The molecule has 29 heavy (non-hydrogen) atoms. The van der Waals surface area contributed by atoms with E-state index in [1.807, 2.05) is 54.3 Å². The van der Waals surface area contributed by atoms with E-state index < -0.39 is 0 Å². The SMILES string of the molecule is Cc1nc(-c2ccccc2)ccc1C(=O)N1CCN(c2ncccc2C#N)CC1. The van der Waals surface area contributed by atoms with Gasteiger partial charge in [0.15, 0.2) is 0 Å². The Balaban J connectivity index is 1.47. The number of aromatic nitrogens is 2. The smallest absolute Gasteiger partial charge is 0.255 e. The monoisotopic (exact) mass is 383 g/mol. The second-order valence-electron chi connectivity index (χ2n) is 6.96. The third-order valence-electron chi connectivity index (χ3n) is 5.16. The van der Waals surface area contributed by atoms with E-state index in [4.69, 9.17) is 0 Å². The molecule has 3 aromatic rings. The zero-order valence-corrected chi connectivity index (χ0v) is 16.2. The molecule has 0 bridgehead atoms. The molecule has 0 N–H and O–H groups in total. The summed E-state index contributed by atoms with van der Waals surface area (Å²) in [5, 5.41) is 9.29. The molecule has 1 amide bonds. The van der Waals surface area contributed by atoms with Crippen molar-refractivity contribution in [3.8, 4) is 17.3 Å². The Bertz CT molecular complexity index is 1070. The van der Waals surface area contributed by atoms with Gasteiger partial charge in [-0.15, -0.1) is 0 Å². The van der Waals surface area contributed by atoms with Gasteiger partial charge in [0.1, 0.15) is 11.9 Å². The number of carbonyl (C=O) groups excluding carboxylic acids is 1. The van der Waals surface area contributed by atoms with E-state index in [1.54, 1.807) is 18.3 Å². The number of benzene rings is 1. The number of rotatable bonds is 3. The molecule has 1 aromatic carbocycles. The molecule has 6 nitrogen and oxygen atoms in total. The van der Waals surface area contributed by atoms with Crippen molar-refractivity contribution in [2.75, 3.05) is 31.1 Å². The fraction of sp³-hybridized carbons (Fsp3) is 0.217. The third kappa shape index (κ3) is 3.81. The van der Waals surface area contributed by atoms with Crippen LogP contribution in [0.15, 0.2) is 60.8 Å². The summed E-state index contributed by atoms with van der Waals surface area (Å²) in [6, 6.07) is 19.4. The summed E-state index contributed by atoms with van der Waals surface area (Å²) in [6.45, 7) is 4.33. The Labute approximate surface area is 170 Å². The van der Waals surface area contributed by atoms with Crippen LogP contribution in [0.5, 0.6) is 0 Å². The molecule has 1 fully saturated rings. The Kier molecular flexibility index (Phi) is 5.21. The Morgan fingerprint density at radius 1 is 1.00 bits per heavy atom. The number of aryl methyl sites for hydroxylation is 1. The van der Waals surface area contributed by atoms with Gasteiger partial charge < -0.3 is 9.80 Å². The molecular formula is C23H21N5O. The lowest BCUT2D eigenvalue weighted by molar-refractivity contribution is 0.0745. The van der Waals surface area contributed by atoms with Crippen molar-refractivity contribution >= 4 is 11.7 Å². The summed E-state index contributed by atoms with van der Waals surface area (Å²) in [4.78, 5) is 25.9. The summed E-state index contributed by atoms with van der Waals surface area (Å²) in [5.41, 5.74) is 3.82. The number of nitriles is 1. The Morgan fingerprint density at radius 2 is 1.76 bits per heavy atom. The molecule has 0 spiro atoms. The van der Waals surface area contributed by atoms with Crippen LogP contribution in [0.25, 0.3) is 11.3 Å². The van der Waals surface area contributed by atoms with Gasteiger partial charge >= 0.3 is 0 Å². The molecule has 0 aliphatic carbocycles. The number of amides is 1. The molecule has 1 aliphatic heterocycles. The number of hydrogen-bond donors (Lipinski definition) is 0. The van der Waals surface area contributed by atoms with E-state index in [2.05, 4.69) is 20.9 Å².